The van der Waals surface area contributed by atoms with Crippen LogP contribution >= 0.6 is 0 Å². The first-order chi connectivity index (χ1) is 19.8. The smallest absolute Gasteiger partial charge is 0.416 e. The first-order valence-corrected chi connectivity index (χ1v) is 12.6. The summed E-state index contributed by atoms with van der Waals surface area (Å²) >= 11 is 0. The Labute approximate surface area is 236 Å². The average Bonchev–Trinajstić information content (AvgIpc) is 3.56. The second-order valence-corrected chi connectivity index (χ2v) is 9.55. The molecule has 0 aliphatic rings. The molecule has 3 heterocycles. The van der Waals surface area contributed by atoms with Gasteiger partial charge in [-0.2, -0.15) is 13.2 Å². The van der Waals surface area contributed by atoms with Gasteiger partial charge in [0.25, 0.3) is 5.91 Å². The van der Waals surface area contributed by atoms with E-state index in [1.165, 1.54) is 35.0 Å². The molecule has 5 rings (SSSR count). The van der Waals surface area contributed by atoms with Gasteiger partial charge in [-0.05, 0) is 45.0 Å². The van der Waals surface area contributed by atoms with Gasteiger partial charge >= 0.3 is 6.18 Å². The molecule has 2 N–H and O–H groups in total. The van der Waals surface area contributed by atoms with Gasteiger partial charge in [0, 0.05) is 48.3 Å². The zero-order chi connectivity index (χ0) is 30.3. The number of amides is 1. The summed E-state index contributed by atoms with van der Waals surface area (Å²) in [6.07, 6.45) is -0.786. The van der Waals surface area contributed by atoms with Crippen molar-refractivity contribution in [2.24, 2.45) is 0 Å². The molecule has 42 heavy (non-hydrogen) atoms. The molecule has 0 aliphatic heterocycles. The van der Waals surface area contributed by atoms with Crippen LogP contribution in [0.4, 0.5) is 33.5 Å². The molecule has 0 saturated carbocycles. The Kier molecular flexibility index (Phi) is 7.31. The monoisotopic (exact) mass is 585 g/mol. The van der Waals surface area contributed by atoms with Crippen molar-refractivity contribution in [1.29, 1.82) is 0 Å². The van der Waals surface area contributed by atoms with Crippen molar-refractivity contribution in [3.05, 3.63) is 83.3 Å². The van der Waals surface area contributed by atoms with E-state index in [4.69, 9.17) is 4.74 Å². The lowest BCUT2D eigenvalue weighted by atomic mass is 10.1. The number of imidazole rings is 1. The molecule has 14 heteroatoms. The molecule has 0 saturated heterocycles. The van der Waals surface area contributed by atoms with Crippen LogP contribution in [-0.4, -0.2) is 48.9 Å². The minimum Gasteiger partial charge on any atom is -0.435 e. The van der Waals surface area contributed by atoms with Crippen LogP contribution in [0.15, 0.2) is 49.2 Å². The normalized spacial score (nSPS) is 11.6. The number of rotatable bonds is 7. The van der Waals surface area contributed by atoms with Crippen LogP contribution in [0.2, 0.25) is 0 Å². The first kappa shape index (κ1) is 28.5. The van der Waals surface area contributed by atoms with Crippen molar-refractivity contribution in [3.63, 3.8) is 0 Å². The van der Waals surface area contributed by atoms with Crippen molar-refractivity contribution < 1.29 is 31.5 Å². The lowest BCUT2D eigenvalue weighted by Crippen LogP contribution is -2.28. The number of ether oxygens (including phenoxy) is 1. The fourth-order valence-electron chi connectivity index (χ4n) is 4.28. The van der Waals surface area contributed by atoms with E-state index in [0.29, 0.717) is 11.4 Å². The van der Waals surface area contributed by atoms with Gasteiger partial charge in [0.05, 0.1) is 23.1 Å². The van der Waals surface area contributed by atoms with Gasteiger partial charge in [-0.3, -0.25) is 4.79 Å². The van der Waals surface area contributed by atoms with E-state index in [0.717, 1.165) is 24.5 Å². The summed E-state index contributed by atoms with van der Waals surface area (Å²) in [7, 11) is 1.47. The minimum absolute atomic E-state index is 0.0576. The molecular weight excluding hydrogens is 561 g/mol. The van der Waals surface area contributed by atoms with Crippen LogP contribution in [0.5, 0.6) is 11.6 Å². The van der Waals surface area contributed by atoms with Crippen molar-refractivity contribution in [1.82, 2.24) is 29.4 Å². The fourth-order valence-corrected chi connectivity index (χ4v) is 4.28. The predicted octanol–water partition coefficient (Wildman–Crippen LogP) is 6.69. The van der Waals surface area contributed by atoms with Crippen LogP contribution in [0.1, 0.15) is 34.2 Å². The summed E-state index contributed by atoms with van der Waals surface area (Å²) < 4.78 is 78.7. The van der Waals surface area contributed by atoms with Crippen LogP contribution in [-0.2, 0) is 6.18 Å². The molecule has 1 amide bonds. The predicted molar refractivity (Wildman–Crippen MR) is 144 cm³/mol. The number of aromatic amines is 1. The number of carbonyl (C=O) groups excluding carboxylic acids is 1. The van der Waals surface area contributed by atoms with Gasteiger partial charge in [-0.15, -0.1) is 0 Å². The van der Waals surface area contributed by atoms with Gasteiger partial charge in [0.1, 0.15) is 11.9 Å². The topological polar surface area (TPSA) is 101 Å². The lowest BCUT2D eigenvalue weighted by molar-refractivity contribution is -0.137. The molecule has 0 aliphatic carbocycles. The number of fused-ring (bicyclic) bond motifs is 1. The van der Waals surface area contributed by atoms with E-state index in [2.05, 4.69) is 25.3 Å². The third-order valence-corrected chi connectivity index (χ3v) is 6.47. The number of aryl methyl sites for hydroxylation is 2. The Morgan fingerprint density at radius 3 is 2.52 bits per heavy atom. The highest BCUT2D eigenvalue weighted by Gasteiger charge is 2.32. The number of anilines is 2. The zero-order valence-electron chi connectivity index (χ0n) is 22.8. The Balaban J connectivity index is 1.62. The number of aromatic nitrogens is 5. The number of halogens is 5. The molecule has 218 valence electrons. The van der Waals surface area contributed by atoms with E-state index >= 15 is 4.39 Å². The van der Waals surface area contributed by atoms with Crippen molar-refractivity contribution in [2.75, 3.05) is 18.9 Å². The third kappa shape index (κ3) is 5.47. The summed E-state index contributed by atoms with van der Waals surface area (Å²) in [4.78, 5) is 29.6. The van der Waals surface area contributed by atoms with E-state index in [1.54, 1.807) is 27.0 Å². The molecule has 2 aromatic carbocycles. The second-order valence-electron chi connectivity index (χ2n) is 9.55. The van der Waals surface area contributed by atoms with Crippen LogP contribution < -0.4 is 10.1 Å². The highest BCUT2D eigenvalue weighted by molar-refractivity contribution is 6.01. The standard InChI is InChI=1S/C28H24F5N7O2/c1-5-39(4)27(41)22-25(38-17-7-16(28(31,32)33)8-18(9-17)40-11-15(3)36-13-40)34-12-35-26(22)42-21-10-20(29)24-19(23(21)30)6-14(2)37-24/h6-13,37H,5H2,1-4H3,(H,34,35,38). The van der Waals surface area contributed by atoms with E-state index < -0.39 is 40.9 Å². The van der Waals surface area contributed by atoms with Crippen LogP contribution in [0, 0.1) is 25.5 Å². The van der Waals surface area contributed by atoms with Crippen molar-refractivity contribution in [3.8, 4) is 17.3 Å². The van der Waals surface area contributed by atoms with Gasteiger partial charge in [-0.1, -0.05) is 0 Å². The third-order valence-electron chi connectivity index (χ3n) is 6.47. The molecule has 0 unspecified atom stereocenters. The van der Waals surface area contributed by atoms with E-state index in [9.17, 15) is 22.4 Å². The maximum absolute atomic E-state index is 15.3. The number of nitrogens with one attached hydrogen (secondary N) is 2. The van der Waals surface area contributed by atoms with Gasteiger partial charge < -0.3 is 24.5 Å². The lowest BCUT2D eigenvalue weighted by Gasteiger charge is -2.20. The number of H-pyrrole nitrogens is 1. The maximum Gasteiger partial charge on any atom is 0.416 e. The van der Waals surface area contributed by atoms with Crippen molar-refractivity contribution >= 4 is 28.3 Å². The number of carbonyl (C=O) groups is 1. The van der Waals surface area contributed by atoms with Gasteiger partial charge in [0.2, 0.25) is 5.88 Å². The van der Waals surface area contributed by atoms with E-state index in [-0.39, 0.29) is 40.2 Å². The second kappa shape index (κ2) is 10.8. The highest BCUT2D eigenvalue weighted by atomic mass is 19.4. The van der Waals surface area contributed by atoms with Crippen LogP contribution in [0.25, 0.3) is 16.6 Å². The number of benzene rings is 2. The number of hydrogen-bond acceptors (Lipinski definition) is 6. The SMILES string of the molecule is CCN(C)C(=O)c1c(Nc2cc(-n3cnc(C)c3)cc(C(F)(F)F)c2)ncnc1Oc1cc(F)c2[nH]c(C)cc2c1F. The minimum atomic E-state index is -4.69. The highest BCUT2D eigenvalue weighted by Crippen LogP contribution is 2.37. The van der Waals surface area contributed by atoms with Gasteiger partial charge in [-0.25, -0.2) is 23.7 Å². The Morgan fingerprint density at radius 2 is 1.86 bits per heavy atom. The average molecular weight is 586 g/mol. The summed E-state index contributed by atoms with van der Waals surface area (Å²) in [5.74, 6) is -3.56. The van der Waals surface area contributed by atoms with Crippen molar-refractivity contribution in [2.45, 2.75) is 26.9 Å². The number of nitrogens with zero attached hydrogens (tertiary/aromatic N) is 5. The quantitative estimate of drug-likeness (QED) is 0.207. The Hall–Kier alpha value is -5.01. The molecule has 0 atom stereocenters. The molecule has 0 fully saturated rings. The molecule has 0 bridgehead atoms. The van der Waals surface area contributed by atoms with Gasteiger partial charge in [0.15, 0.2) is 23.2 Å². The fraction of sp³-hybridized carbons (Fsp3) is 0.214. The van der Waals surface area contributed by atoms with E-state index in [1.807, 2.05) is 0 Å². The molecule has 5 aromatic rings. The summed E-state index contributed by atoms with van der Waals surface area (Å²) in [5, 5.41) is 2.69. The number of hydrogen-bond donors (Lipinski definition) is 2. The summed E-state index contributed by atoms with van der Waals surface area (Å²) in [6.45, 7) is 5.25. The largest absolute Gasteiger partial charge is 0.435 e. The summed E-state index contributed by atoms with van der Waals surface area (Å²) in [6, 6.07) is 5.43. The molecular formula is C28H24F5N7O2. The summed E-state index contributed by atoms with van der Waals surface area (Å²) in [5.41, 5.74) is -0.144. The zero-order valence-corrected chi connectivity index (χ0v) is 22.8. The maximum atomic E-state index is 15.3. The molecule has 9 nitrogen and oxygen atoms in total. The molecule has 0 radical (unpaired) electrons. The van der Waals surface area contributed by atoms with Crippen LogP contribution in [0.3, 0.4) is 0 Å². The molecule has 3 aromatic heterocycles. The number of alkyl halides is 3. The molecule has 0 spiro atoms. The Bertz CT molecular complexity index is 1810. The first-order valence-electron chi connectivity index (χ1n) is 12.6. The Morgan fingerprint density at radius 1 is 1.10 bits per heavy atom.